The Morgan fingerprint density at radius 3 is 1.68 bits per heavy atom. The van der Waals surface area contributed by atoms with Gasteiger partial charge in [-0.2, -0.15) is 0 Å². The number of nitrogens with one attached hydrogen (secondary N) is 1. The first-order valence-electron chi connectivity index (χ1n) is 19.4. The van der Waals surface area contributed by atoms with Gasteiger partial charge in [0.25, 0.3) is 0 Å². The molecule has 13 heteroatoms. The molecule has 0 heterocycles. The number of aliphatic imine (C=N–C) groups is 2. The van der Waals surface area contributed by atoms with Crippen molar-refractivity contribution in [2.75, 3.05) is 32.8 Å². The molecule has 0 bridgehead atoms. The molecule has 0 saturated heterocycles. The number of rotatable bonds is 15. The minimum atomic E-state index is -1.28. The second-order valence-electron chi connectivity index (χ2n) is 16.7. The number of ketones is 2. The summed E-state index contributed by atoms with van der Waals surface area (Å²) in [4.78, 5) is 75.6. The molecule has 57 heavy (non-hydrogen) atoms. The van der Waals surface area contributed by atoms with Gasteiger partial charge >= 0.3 is 12.1 Å². The fraction of sp³-hybridized carbons (Fsp3) is 0.477. The molecule has 13 nitrogen and oxygen atoms in total. The highest BCUT2D eigenvalue weighted by atomic mass is 16.5. The van der Waals surface area contributed by atoms with Gasteiger partial charge in [0.1, 0.15) is 24.2 Å². The van der Waals surface area contributed by atoms with Crippen molar-refractivity contribution in [3.8, 4) is 11.1 Å². The predicted molar refractivity (Wildman–Crippen MR) is 217 cm³/mol. The van der Waals surface area contributed by atoms with Crippen LogP contribution in [0.25, 0.3) is 11.1 Å². The number of carbonyl (C=O) groups excluding carboxylic acids is 4. The predicted octanol–water partition coefficient (Wildman–Crippen LogP) is 6.91. The Morgan fingerprint density at radius 1 is 0.789 bits per heavy atom. The van der Waals surface area contributed by atoms with E-state index in [1.54, 1.807) is 13.8 Å². The van der Waals surface area contributed by atoms with E-state index in [9.17, 15) is 39.3 Å². The molecule has 0 fully saturated rings. The highest BCUT2D eigenvalue weighted by Crippen LogP contribution is 2.44. The van der Waals surface area contributed by atoms with Gasteiger partial charge in [0.2, 0.25) is 5.91 Å². The van der Waals surface area contributed by atoms with Crippen molar-refractivity contribution in [3.05, 3.63) is 82.3 Å². The summed E-state index contributed by atoms with van der Waals surface area (Å²) in [5.74, 6) is -2.49. The zero-order valence-corrected chi connectivity index (χ0v) is 33.7. The monoisotopic (exact) mass is 782 g/mol. The maximum absolute atomic E-state index is 14.2. The van der Waals surface area contributed by atoms with E-state index in [1.165, 1.54) is 4.90 Å². The quantitative estimate of drug-likeness (QED) is 0.139. The van der Waals surface area contributed by atoms with Crippen molar-refractivity contribution in [1.29, 1.82) is 0 Å². The first-order valence-corrected chi connectivity index (χ1v) is 19.4. The van der Waals surface area contributed by atoms with Crippen LogP contribution in [-0.4, -0.2) is 100 Å². The molecular formula is C44H54N4O9. The molecule has 0 aliphatic heterocycles. The third-order valence-electron chi connectivity index (χ3n) is 10.8. The van der Waals surface area contributed by atoms with Gasteiger partial charge < -0.3 is 30.3 Å². The third kappa shape index (κ3) is 10.4. The standard InChI is InChI=1S/C44H54N4O9/c1-26(39-34(49)21-43(3,4)22-35(39)50)45-17-19-48(20-18-46-27(2)40-36(51)23-44(5,6)24-37(40)52)41(55)33(15-16-38(53)54)47-42(56)57-25-32-30-13-9-7-11-28(30)29-12-8-10-14-31(29)32/h7-14,32-33,49,51H,15-25H2,1-6H3,(H,47,56)(H,53,54)/t33-/m0/s1. The van der Waals surface area contributed by atoms with E-state index in [4.69, 9.17) is 4.74 Å². The summed E-state index contributed by atoms with van der Waals surface area (Å²) < 4.78 is 5.70. The van der Waals surface area contributed by atoms with Crippen LogP contribution >= 0.6 is 0 Å². The van der Waals surface area contributed by atoms with Crippen LogP contribution < -0.4 is 5.32 Å². The number of hydrogen-bond acceptors (Lipinski definition) is 10. The van der Waals surface area contributed by atoms with E-state index in [1.807, 2.05) is 76.2 Å². The molecule has 3 aliphatic rings. The molecule has 2 aromatic carbocycles. The topological polar surface area (TPSA) is 195 Å². The van der Waals surface area contributed by atoms with Crippen LogP contribution in [0.2, 0.25) is 0 Å². The van der Waals surface area contributed by atoms with Crippen molar-refractivity contribution in [1.82, 2.24) is 10.2 Å². The number of aliphatic hydroxyl groups excluding tert-OH is 2. The zero-order valence-electron chi connectivity index (χ0n) is 33.7. The molecule has 0 unspecified atom stereocenters. The van der Waals surface area contributed by atoms with Crippen LogP contribution in [0.15, 0.2) is 81.2 Å². The second kappa shape index (κ2) is 17.7. The molecule has 1 atom stereocenters. The number of fused-ring (bicyclic) bond motifs is 3. The summed E-state index contributed by atoms with van der Waals surface area (Å²) in [6.07, 6.45) is -0.385. The SMILES string of the molecule is CC(=NCCN(CCN=C(C)C1=C(O)CC(C)(C)CC1=O)C(=O)[C@H](CCC(=O)O)NC(=O)OCC1c2ccccc2-c2ccccc21)C1=C(O)CC(C)(C)CC1=O. The number of amides is 2. The van der Waals surface area contributed by atoms with E-state index in [-0.39, 0.29) is 103 Å². The minimum Gasteiger partial charge on any atom is -0.511 e. The number of carboxylic acids is 1. The van der Waals surface area contributed by atoms with Crippen LogP contribution in [0.5, 0.6) is 0 Å². The molecule has 0 radical (unpaired) electrons. The van der Waals surface area contributed by atoms with Gasteiger partial charge in [-0.3, -0.25) is 29.2 Å². The number of carboxylic acid groups (broad SMARTS) is 1. The molecule has 2 aromatic rings. The molecule has 0 spiro atoms. The number of allylic oxidation sites excluding steroid dienone is 4. The van der Waals surface area contributed by atoms with Crippen LogP contribution in [0.1, 0.15) is 97.1 Å². The van der Waals surface area contributed by atoms with Crippen molar-refractivity contribution >= 4 is 41.0 Å². The molecule has 304 valence electrons. The first-order chi connectivity index (χ1) is 26.9. The summed E-state index contributed by atoms with van der Waals surface area (Å²) in [6.45, 7) is 10.9. The van der Waals surface area contributed by atoms with Gasteiger partial charge in [-0.15, -0.1) is 0 Å². The average Bonchev–Trinajstić information content (AvgIpc) is 3.43. The van der Waals surface area contributed by atoms with Crippen molar-refractivity contribution in [2.45, 2.75) is 92.0 Å². The van der Waals surface area contributed by atoms with Gasteiger partial charge in [-0.05, 0) is 53.4 Å². The van der Waals surface area contributed by atoms with E-state index >= 15 is 0 Å². The molecule has 5 rings (SSSR count). The summed E-state index contributed by atoms with van der Waals surface area (Å²) in [6, 6.07) is 14.5. The van der Waals surface area contributed by atoms with Crippen molar-refractivity contribution < 1.29 is 44.0 Å². The number of aliphatic carboxylic acids is 1. The van der Waals surface area contributed by atoms with E-state index in [0.29, 0.717) is 24.3 Å². The van der Waals surface area contributed by atoms with Crippen LogP contribution in [0, 0.1) is 10.8 Å². The normalized spacial score (nSPS) is 18.6. The number of hydrogen-bond donors (Lipinski definition) is 4. The third-order valence-corrected chi connectivity index (χ3v) is 10.8. The summed E-state index contributed by atoms with van der Waals surface area (Å²) >= 11 is 0. The lowest BCUT2D eigenvalue weighted by molar-refractivity contribution is -0.138. The largest absolute Gasteiger partial charge is 0.511 e. The highest BCUT2D eigenvalue weighted by Gasteiger charge is 2.36. The summed E-state index contributed by atoms with van der Waals surface area (Å²) in [7, 11) is 0. The van der Waals surface area contributed by atoms with Gasteiger partial charge in [-0.25, -0.2) is 4.79 Å². The lowest BCUT2D eigenvalue weighted by atomic mass is 9.76. The van der Waals surface area contributed by atoms with Gasteiger partial charge in [0.15, 0.2) is 11.6 Å². The number of ether oxygens (including phenoxy) is 1. The lowest BCUT2D eigenvalue weighted by Gasteiger charge is -2.30. The van der Waals surface area contributed by atoms with Crippen molar-refractivity contribution in [2.24, 2.45) is 20.8 Å². The Labute approximate surface area is 333 Å². The number of nitrogens with zero attached hydrogens (tertiary/aromatic N) is 3. The zero-order chi connectivity index (χ0) is 41.7. The molecule has 4 N–H and O–H groups in total. The first kappa shape index (κ1) is 42.6. The van der Waals surface area contributed by atoms with Gasteiger partial charge in [0, 0.05) is 62.5 Å². The fourth-order valence-electron chi connectivity index (χ4n) is 8.09. The van der Waals surface area contributed by atoms with Crippen LogP contribution in [0.3, 0.4) is 0 Å². The number of aliphatic hydroxyl groups is 2. The Hall–Kier alpha value is -5.59. The van der Waals surface area contributed by atoms with Crippen molar-refractivity contribution in [3.63, 3.8) is 0 Å². The molecule has 2 amide bonds. The summed E-state index contributed by atoms with van der Waals surface area (Å²) in [5.41, 5.74) is 4.33. The average molecular weight is 783 g/mol. The lowest BCUT2D eigenvalue weighted by Crippen LogP contribution is -2.50. The molecule has 0 aromatic heterocycles. The number of Topliss-reactive ketones (excluding diaryl/α,β-unsaturated/α-hetero) is 2. The van der Waals surface area contributed by atoms with Crippen LogP contribution in [0.4, 0.5) is 4.79 Å². The van der Waals surface area contributed by atoms with E-state index in [2.05, 4.69) is 15.3 Å². The Balaban J connectivity index is 1.34. The van der Waals surface area contributed by atoms with E-state index < -0.39 is 30.4 Å². The van der Waals surface area contributed by atoms with E-state index in [0.717, 1.165) is 22.3 Å². The number of benzene rings is 2. The second-order valence-corrected chi connectivity index (χ2v) is 16.7. The molecular weight excluding hydrogens is 729 g/mol. The summed E-state index contributed by atoms with van der Waals surface area (Å²) in [5, 5.41) is 33.6. The number of alkyl carbamates (subject to hydrolysis) is 1. The Morgan fingerprint density at radius 2 is 1.25 bits per heavy atom. The smallest absolute Gasteiger partial charge is 0.407 e. The van der Waals surface area contributed by atoms with Gasteiger partial charge in [0.05, 0.1) is 24.2 Å². The highest BCUT2D eigenvalue weighted by molar-refractivity contribution is 6.23. The fourth-order valence-corrected chi connectivity index (χ4v) is 8.09. The maximum Gasteiger partial charge on any atom is 0.407 e. The maximum atomic E-state index is 14.2. The number of carbonyl (C=O) groups is 5. The Kier molecular flexibility index (Phi) is 13.2. The Bertz CT molecular complexity index is 1940. The van der Waals surface area contributed by atoms with Gasteiger partial charge in [-0.1, -0.05) is 76.2 Å². The minimum absolute atomic E-state index is 0.00449. The molecule has 3 aliphatic carbocycles. The van der Waals surface area contributed by atoms with Crippen LogP contribution in [-0.2, 0) is 23.9 Å². The molecule has 0 saturated carbocycles.